The van der Waals surface area contributed by atoms with Gasteiger partial charge in [-0.25, -0.2) is 8.42 Å². The number of carbonyl (C=O) groups is 2. The monoisotopic (exact) mass is 430 g/mol. The molecule has 2 aliphatic heterocycles. The fourth-order valence-corrected chi connectivity index (χ4v) is 5.40. The maximum Gasteiger partial charge on any atom is 0.265 e. The fourth-order valence-electron chi connectivity index (χ4n) is 3.64. The van der Waals surface area contributed by atoms with Gasteiger partial charge in [-0.15, -0.1) is 0 Å². The van der Waals surface area contributed by atoms with E-state index in [0.717, 1.165) is 0 Å². The topological polar surface area (TPSA) is 83.6 Å². The lowest BCUT2D eigenvalue weighted by Crippen LogP contribution is -2.47. The molecule has 0 radical (unpaired) electrons. The number of rotatable bonds is 3. The summed E-state index contributed by atoms with van der Waals surface area (Å²) in [5, 5.41) is 3.44. The highest BCUT2D eigenvalue weighted by Crippen LogP contribution is 2.34. The Bertz CT molecular complexity index is 1120. The van der Waals surface area contributed by atoms with E-state index in [2.05, 4.69) is 5.32 Å². The smallest absolute Gasteiger partial charge is 0.265 e. The van der Waals surface area contributed by atoms with Gasteiger partial charge < -0.3 is 10.2 Å². The zero-order valence-corrected chi connectivity index (χ0v) is 17.0. The lowest BCUT2D eigenvalue weighted by molar-refractivity contribution is -0.127. The van der Waals surface area contributed by atoms with E-state index in [4.69, 9.17) is 11.6 Å². The van der Waals surface area contributed by atoms with E-state index in [-0.39, 0.29) is 21.7 Å². The first-order valence-corrected chi connectivity index (χ1v) is 11.1. The molecule has 29 heavy (non-hydrogen) atoms. The summed E-state index contributed by atoms with van der Waals surface area (Å²) in [6.45, 7) is 0.755. The highest BCUT2D eigenvalue weighted by atomic mass is 35.5. The molecule has 2 heterocycles. The molecular weight excluding hydrogens is 412 g/mol. The van der Waals surface area contributed by atoms with Crippen LogP contribution in [0.2, 0.25) is 5.02 Å². The van der Waals surface area contributed by atoms with Crippen LogP contribution < -0.4 is 5.32 Å². The van der Waals surface area contributed by atoms with Crippen molar-refractivity contribution in [3.05, 3.63) is 69.6 Å². The lowest BCUT2D eigenvalue weighted by Gasteiger charge is -2.32. The molecule has 0 saturated carbocycles. The number of sulfone groups is 1. The predicted octanol–water partition coefficient (Wildman–Crippen LogP) is 2.89. The SMILES string of the molecule is O=C(NC1CCN(C(=O)C2=Cc3ccccc3S2(=O)=O)CC1)c1cccc(Cl)c1. The van der Waals surface area contributed by atoms with Gasteiger partial charge in [-0.2, -0.15) is 0 Å². The molecule has 2 aromatic rings. The van der Waals surface area contributed by atoms with Gasteiger partial charge in [-0.1, -0.05) is 35.9 Å². The molecular formula is C21H19ClN2O4S. The molecule has 6 nitrogen and oxygen atoms in total. The average molecular weight is 431 g/mol. The van der Waals surface area contributed by atoms with E-state index in [1.54, 1.807) is 42.5 Å². The third-order valence-corrected chi connectivity index (χ3v) is 7.26. The van der Waals surface area contributed by atoms with Gasteiger partial charge in [-0.3, -0.25) is 9.59 Å². The van der Waals surface area contributed by atoms with Crippen molar-refractivity contribution in [2.75, 3.05) is 13.1 Å². The van der Waals surface area contributed by atoms with Crippen molar-refractivity contribution < 1.29 is 18.0 Å². The maximum absolute atomic E-state index is 12.8. The summed E-state index contributed by atoms with van der Waals surface area (Å²) in [7, 11) is -3.78. The molecule has 0 aliphatic carbocycles. The van der Waals surface area contributed by atoms with E-state index in [1.807, 2.05) is 0 Å². The number of likely N-dealkylation sites (tertiary alicyclic amines) is 1. The first-order valence-electron chi connectivity index (χ1n) is 9.28. The van der Waals surface area contributed by atoms with Gasteiger partial charge in [0.05, 0.1) is 4.90 Å². The van der Waals surface area contributed by atoms with Crippen LogP contribution >= 0.6 is 11.6 Å². The van der Waals surface area contributed by atoms with Crippen LogP contribution in [-0.4, -0.2) is 44.3 Å². The van der Waals surface area contributed by atoms with E-state index in [1.165, 1.54) is 17.0 Å². The van der Waals surface area contributed by atoms with Crippen LogP contribution in [0.25, 0.3) is 6.08 Å². The van der Waals surface area contributed by atoms with Crippen molar-refractivity contribution in [2.24, 2.45) is 0 Å². The molecule has 0 bridgehead atoms. The molecule has 0 atom stereocenters. The minimum atomic E-state index is -3.78. The number of fused-ring (bicyclic) bond motifs is 1. The molecule has 8 heteroatoms. The summed E-state index contributed by atoms with van der Waals surface area (Å²) in [6, 6.07) is 13.2. The number of halogens is 1. The van der Waals surface area contributed by atoms with Crippen molar-refractivity contribution in [3.8, 4) is 0 Å². The van der Waals surface area contributed by atoms with Gasteiger partial charge in [0, 0.05) is 29.7 Å². The van der Waals surface area contributed by atoms with Gasteiger partial charge in [0.1, 0.15) is 4.91 Å². The highest BCUT2D eigenvalue weighted by molar-refractivity contribution is 7.96. The standard InChI is InChI=1S/C21H19ClN2O4S/c22-16-6-3-5-15(12-16)20(25)23-17-8-10-24(11-9-17)21(26)19-13-14-4-1-2-7-18(14)29(19,27)28/h1-7,12-13,17H,8-11H2,(H,23,25). The molecule has 2 aliphatic rings. The van der Waals surface area contributed by atoms with Crippen molar-refractivity contribution >= 4 is 39.3 Å². The summed E-state index contributed by atoms with van der Waals surface area (Å²) < 4.78 is 25.4. The number of amides is 2. The predicted molar refractivity (Wildman–Crippen MR) is 110 cm³/mol. The van der Waals surface area contributed by atoms with Crippen LogP contribution in [-0.2, 0) is 14.6 Å². The zero-order valence-electron chi connectivity index (χ0n) is 15.5. The summed E-state index contributed by atoms with van der Waals surface area (Å²) in [6.07, 6.45) is 2.55. The molecule has 1 fully saturated rings. The molecule has 4 rings (SSSR count). The third-order valence-electron chi connectivity index (χ3n) is 5.20. The normalized spacial score (nSPS) is 18.1. The van der Waals surface area contributed by atoms with E-state index in [0.29, 0.717) is 42.1 Å². The van der Waals surface area contributed by atoms with Crippen molar-refractivity contribution in [1.82, 2.24) is 10.2 Å². The quantitative estimate of drug-likeness (QED) is 0.811. The molecule has 1 saturated heterocycles. The molecule has 1 N–H and O–H groups in total. The Morgan fingerprint density at radius 2 is 1.76 bits per heavy atom. The summed E-state index contributed by atoms with van der Waals surface area (Å²) in [5.41, 5.74) is 1.02. The number of nitrogens with one attached hydrogen (secondary N) is 1. The molecule has 0 spiro atoms. The van der Waals surface area contributed by atoms with Gasteiger partial charge in [0.2, 0.25) is 9.84 Å². The van der Waals surface area contributed by atoms with E-state index < -0.39 is 15.7 Å². The first kappa shape index (κ1) is 19.7. The summed E-state index contributed by atoms with van der Waals surface area (Å²) in [5.74, 6) is -0.699. The third kappa shape index (κ3) is 3.80. The molecule has 0 unspecified atom stereocenters. The Morgan fingerprint density at radius 1 is 1.03 bits per heavy atom. The van der Waals surface area contributed by atoms with Gasteiger partial charge in [0.25, 0.3) is 11.8 Å². The largest absolute Gasteiger partial charge is 0.349 e. The number of benzene rings is 2. The second-order valence-corrected chi connectivity index (χ2v) is 9.42. The Kier molecular flexibility index (Phi) is 5.19. The Hall–Kier alpha value is -2.64. The minimum Gasteiger partial charge on any atom is -0.349 e. The Labute approximate surface area is 174 Å². The Balaban J connectivity index is 1.39. The first-order chi connectivity index (χ1) is 13.9. The average Bonchev–Trinajstić information content (AvgIpc) is 2.99. The number of piperidine rings is 1. The van der Waals surface area contributed by atoms with E-state index in [9.17, 15) is 18.0 Å². The summed E-state index contributed by atoms with van der Waals surface area (Å²) >= 11 is 5.93. The van der Waals surface area contributed by atoms with Crippen LogP contribution in [0.5, 0.6) is 0 Å². The van der Waals surface area contributed by atoms with Crippen molar-refractivity contribution in [2.45, 2.75) is 23.8 Å². The van der Waals surface area contributed by atoms with Crippen LogP contribution in [0.1, 0.15) is 28.8 Å². The lowest BCUT2D eigenvalue weighted by atomic mass is 10.0. The van der Waals surface area contributed by atoms with Crippen molar-refractivity contribution in [1.29, 1.82) is 0 Å². The maximum atomic E-state index is 12.8. The number of hydrogen-bond acceptors (Lipinski definition) is 4. The van der Waals surface area contributed by atoms with Crippen LogP contribution in [0.3, 0.4) is 0 Å². The summed E-state index contributed by atoms with van der Waals surface area (Å²) in [4.78, 5) is 26.7. The highest BCUT2D eigenvalue weighted by Gasteiger charge is 2.37. The van der Waals surface area contributed by atoms with Gasteiger partial charge in [-0.05, 0) is 48.7 Å². The molecule has 2 aromatic carbocycles. The van der Waals surface area contributed by atoms with Gasteiger partial charge >= 0.3 is 0 Å². The zero-order chi connectivity index (χ0) is 20.6. The minimum absolute atomic E-state index is 0.0862. The van der Waals surface area contributed by atoms with Crippen LogP contribution in [0.15, 0.2) is 58.3 Å². The Morgan fingerprint density at radius 3 is 2.45 bits per heavy atom. The number of carbonyl (C=O) groups excluding carboxylic acids is 2. The van der Waals surface area contributed by atoms with Crippen LogP contribution in [0.4, 0.5) is 0 Å². The molecule has 0 aromatic heterocycles. The number of nitrogens with zero attached hydrogens (tertiary/aromatic N) is 1. The van der Waals surface area contributed by atoms with Crippen LogP contribution in [0, 0.1) is 0 Å². The van der Waals surface area contributed by atoms with Crippen molar-refractivity contribution in [3.63, 3.8) is 0 Å². The molecule has 150 valence electrons. The van der Waals surface area contributed by atoms with E-state index >= 15 is 0 Å². The molecule has 2 amide bonds. The number of hydrogen-bond donors (Lipinski definition) is 1. The fraction of sp³-hybridized carbons (Fsp3) is 0.238. The van der Waals surface area contributed by atoms with Gasteiger partial charge in [0.15, 0.2) is 0 Å². The second-order valence-electron chi connectivity index (χ2n) is 7.10. The second kappa shape index (κ2) is 7.65.